The molecular formula is C22H22F3N3O2. The van der Waals surface area contributed by atoms with Gasteiger partial charge in [-0.3, -0.25) is 4.79 Å². The molecule has 0 radical (unpaired) electrons. The zero-order chi connectivity index (χ0) is 21.6. The molecule has 1 aliphatic heterocycles. The highest BCUT2D eigenvalue weighted by Gasteiger charge is 2.32. The Morgan fingerprint density at radius 2 is 2.00 bits per heavy atom. The molecule has 4 rings (SSSR count). The number of aryl methyl sites for hydroxylation is 1. The van der Waals surface area contributed by atoms with Crippen molar-refractivity contribution in [3.8, 4) is 11.3 Å². The zero-order valence-electron chi connectivity index (χ0n) is 17.0. The number of alkyl halides is 3. The average Bonchev–Trinajstić information content (AvgIpc) is 3.07. The summed E-state index contributed by atoms with van der Waals surface area (Å²) >= 11 is 0. The van der Waals surface area contributed by atoms with E-state index in [4.69, 9.17) is 4.52 Å². The fourth-order valence-electron chi connectivity index (χ4n) is 4.13. The smallest absolute Gasteiger partial charge is 0.336 e. The Balaban J connectivity index is 1.83. The maximum Gasteiger partial charge on any atom is 0.416 e. The molecule has 1 saturated heterocycles. The molecule has 0 spiro atoms. The molecule has 3 heterocycles. The number of carbonyl (C=O) groups is 1. The summed E-state index contributed by atoms with van der Waals surface area (Å²) in [6.07, 6.45) is -2.65. The Morgan fingerprint density at radius 1 is 1.23 bits per heavy atom. The summed E-state index contributed by atoms with van der Waals surface area (Å²) in [5.74, 6) is 0.362. The molecule has 0 N–H and O–H groups in total. The number of carbonyl (C=O) groups excluding carboxylic acids is 1. The number of hydrogen-bond acceptors (Lipinski definition) is 4. The molecule has 0 aliphatic carbocycles. The van der Waals surface area contributed by atoms with E-state index >= 15 is 0 Å². The number of rotatable bonds is 2. The monoisotopic (exact) mass is 417 g/mol. The minimum atomic E-state index is -4.47. The maximum absolute atomic E-state index is 13.4. The van der Waals surface area contributed by atoms with Crippen LogP contribution < -0.4 is 0 Å². The van der Waals surface area contributed by atoms with Gasteiger partial charge in [-0.15, -0.1) is 0 Å². The molecule has 0 unspecified atom stereocenters. The lowest BCUT2D eigenvalue weighted by Gasteiger charge is -2.36. The predicted octanol–water partition coefficient (Wildman–Crippen LogP) is 5.48. The van der Waals surface area contributed by atoms with E-state index in [9.17, 15) is 18.0 Å². The normalized spacial score (nSPS) is 20.0. The molecule has 1 aromatic carbocycles. The van der Waals surface area contributed by atoms with E-state index in [2.05, 4.69) is 17.1 Å². The summed E-state index contributed by atoms with van der Waals surface area (Å²) in [6.45, 7) is 6.53. The Labute approximate surface area is 171 Å². The topological polar surface area (TPSA) is 59.2 Å². The zero-order valence-corrected chi connectivity index (χ0v) is 17.0. The van der Waals surface area contributed by atoms with Gasteiger partial charge < -0.3 is 9.42 Å². The van der Waals surface area contributed by atoms with E-state index in [1.54, 1.807) is 13.0 Å². The lowest BCUT2D eigenvalue weighted by molar-refractivity contribution is -0.137. The second kappa shape index (κ2) is 7.41. The second-order valence-corrected chi connectivity index (χ2v) is 8.06. The average molecular weight is 417 g/mol. The first-order chi connectivity index (χ1) is 14.1. The first kappa shape index (κ1) is 20.4. The van der Waals surface area contributed by atoms with E-state index in [-0.39, 0.29) is 28.9 Å². The third kappa shape index (κ3) is 3.66. The lowest BCUT2D eigenvalue weighted by atomic mass is 9.92. The second-order valence-electron chi connectivity index (χ2n) is 8.06. The minimum absolute atomic E-state index is 0.0710. The van der Waals surface area contributed by atoms with Crippen molar-refractivity contribution in [1.29, 1.82) is 0 Å². The van der Waals surface area contributed by atoms with Crippen molar-refractivity contribution in [3.05, 3.63) is 47.2 Å². The molecule has 3 aromatic rings. The van der Waals surface area contributed by atoms with Crippen LogP contribution in [0.15, 0.2) is 34.9 Å². The number of nitrogens with zero attached hydrogens (tertiary/aromatic N) is 3. The first-order valence-corrected chi connectivity index (χ1v) is 9.90. The van der Waals surface area contributed by atoms with Crippen LogP contribution in [-0.4, -0.2) is 33.5 Å². The number of benzene rings is 1. The first-order valence-electron chi connectivity index (χ1n) is 9.90. The van der Waals surface area contributed by atoms with Crippen molar-refractivity contribution < 1.29 is 22.5 Å². The highest BCUT2D eigenvalue weighted by atomic mass is 19.4. The molecule has 158 valence electrons. The van der Waals surface area contributed by atoms with Gasteiger partial charge in [-0.1, -0.05) is 24.2 Å². The van der Waals surface area contributed by atoms with Gasteiger partial charge in [-0.2, -0.15) is 13.2 Å². The van der Waals surface area contributed by atoms with Gasteiger partial charge in [0, 0.05) is 18.2 Å². The van der Waals surface area contributed by atoms with Crippen LogP contribution in [0.5, 0.6) is 0 Å². The van der Waals surface area contributed by atoms with E-state index in [1.807, 2.05) is 11.8 Å². The number of pyridine rings is 1. The van der Waals surface area contributed by atoms with E-state index in [0.717, 1.165) is 25.0 Å². The lowest BCUT2D eigenvalue weighted by Crippen LogP contribution is -2.44. The number of halogens is 3. The SMILES string of the molecule is Cc1noc2nc(-c3cccc(C(F)(F)F)c3)cc(C(=O)N3CC[C@@H](C)C[C@H]3C)c12. The van der Waals surface area contributed by atoms with Gasteiger partial charge in [0.15, 0.2) is 0 Å². The van der Waals surface area contributed by atoms with Crippen molar-refractivity contribution in [2.45, 2.75) is 45.8 Å². The van der Waals surface area contributed by atoms with Crippen LogP contribution in [-0.2, 0) is 6.18 Å². The van der Waals surface area contributed by atoms with Crippen LogP contribution >= 0.6 is 0 Å². The van der Waals surface area contributed by atoms with Crippen LogP contribution in [0, 0.1) is 12.8 Å². The van der Waals surface area contributed by atoms with Gasteiger partial charge in [0.1, 0.15) is 0 Å². The van der Waals surface area contributed by atoms with Gasteiger partial charge in [0.2, 0.25) is 0 Å². The van der Waals surface area contributed by atoms with E-state index in [1.165, 1.54) is 12.1 Å². The van der Waals surface area contributed by atoms with Gasteiger partial charge in [-0.05, 0) is 50.8 Å². The van der Waals surface area contributed by atoms with Crippen LogP contribution in [0.1, 0.15) is 48.3 Å². The molecule has 2 atom stereocenters. The summed E-state index contributed by atoms with van der Waals surface area (Å²) in [4.78, 5) is 19.6. The van der Waals surface area contributed by atoms with E-state index < -0.39 is 11.7 Å². The Morgan fingerprint density at radius 3 is 2.70 bits per heavy atom. The largest absolute Gasteiger partial charge is 0.416 e. The quantitative estimate of drug-likeness (QED) is 0.554. The number of amides is 1. The molecule has 0 saturated carbocycles. The number of piperidine rings is 1. The van der Waals surface area contributed by atoms with Gasteiger partial charge >= 0.3 is 6.18 Å². The summed E-state index contributed by atoms with van der Waals surface area (Å²) in [5, 5.41) is 4.42. The fraction of sp³-hybridized carbons (Fsp3) is 0.409. The molecular weight excluding hydrogens is 395 g/mol. The maximum atomic E-state index is 13.4. The molecule has 1 aliphatic rings. The number of fused-ring (bicyclic) bond motifs is 1. The molecule has 30 heavy (non-hydrogen) atoms. The van der Waals surface area contributed by atoms with Crippen LogP contribution in [0.25, 0.3) is 22.4 Å². The number of hydrogen-bond donors (Lipinski definition) is 0. The molecule has 2 aromatic heterocycles. The summed E-state index contributed by atoms with van der Waals surface area (Å²) in [5.41, 5.74) is 0.745. The van der Waals surface area contributed by atoms with E-state index in [0.29, 0.717) is 29.1 Å². The Bertz CT molecular complexity index is 1110. The molecule has 1 fully saturated rings. The Kier molecular flexibility index (Phi) is 5.03. The van der Waals surface area contributed by atoms with Crippen molar-refractivity contribution >= 4 is 17.0 Å². The minimum Gasteiger partial charge on any atom is -0.336 e. The fourth-order valence-corrected chi connectivity index (χ4v) is 4.13. The molecule has 0 bridgehead atoms. The van der Waals surface area contributed by atoms with Crippen LogP contribution in [0.4, 0.5) is 13.2 Å². The van der Waals surface area contributed by atoms with Gasteiger partial charge in [0.05, 0.1) is 27.9 Å². The van der Waals surface area contributed by atoms with Crippen molar-refractivity contribution in [1.82, 2.24) is 15.0 Å². The van der Waals surface area contributed by atoms with Gasteiger partial charge in [-0.25, -0.2) is 4.98 Å². The summed E-state index contributed by atoms with van der Waals surface area (Å²) < 4.78 is 44.7. The van der Waals surface area contributed by atoms with Crippen molar-refractivity contribution in [3.63, 3.8) is 0 Å². The third-order valence-corrected chi connectivity index (χ3v) is 5.73. The standard InChI is InChI=1S/C22H22F3N3O2/c1-12-7-8-28(13(2)9-12)21(29)17-11-18(26-20-19(17)14(3)27-30-20)15-5-4-6-16(10-15)22(23,24)25/h4-6,10-13H,7-9H2,1-3H3/t12-,13-/m1/s1. The summed E-state index contributed by atoms with van der Waals surface area (Å²) in [6, 6.07) is 6.51. The Hall–Kier alpha value is -2.90. The highest BCUT2D eigenvalue weighted by Crippen LogP contribution is 2.34. The number of aromatic nitrogens is 2. The molecule has 8 heteroatoms. The molecule has 1 amide bonds. The van der Waals surface area contributed by atoms with Crippen LogP contribution in [0.2, 0.25) is 0 Å². The van der Waals surface area contributed by atoms with Crippen molar-refractivity contribution in [2.24, 2.45) is 5.92 Å². The molecule has 5 nitrogen and oxygen atoms in total. The summed E-state index contributed by atoms with van der Waals surface area (Å²) in [7, 11) is 0. The third-order valence-electron chi connectivity index (χ3n) is 5.73. The predicted molar refractivity (Wildman–Crippen MR) is 106 cm³/mol. The van der Waals surface area contributed by atoms with Gasteiger partial charge in [0.25, 0.3) is 11.6 Å². The number of likely N-dealkylation sites (tertiary alicyclic amines) is 1. The van der Waals surface area contributed by atoms with Crippen LogP contribution in [0.3, 0.4) is 0 Å². The highest BCUT2D eigenvalue weighted by molar-refractivity contribution is 6.07. The van der Waals surface area contributed by atoms with Crippen molar-refractivity contribution in [2.75, 3.05) is 6.54 Å².